The molecule has 102 valence electrons. The summed E-state index contributed by atoms with van der Waals surface area (Å²) in [6.07, 6.45) is 0. The van der Waals surface area contributed by atoms with Gasteiger partial charge in [-0.3, -0.25) is 0 Å². The number of halogens is 2. The summed E-state index contributed by atoms with van der Waals surface area (Å²) in [5.41, 5.74) is 0.952. The molecule has 0 saturated heterocycles. The van der Waals surface area contributed by atoms with Gasteiger partial charge in [-0.25, -0.2) is 0 Å². The molecule has 3 rings (SSSR count). The van der Waals surface area contributed by atoms with Crippen LogP contribution in [0.4, 0.5) is 5.69 Å². The lowest BCUT2D eigenvalue weighted by atomic mass is 10.3. The van der Waals surface area contributed by atoms with Gasteiger partial charge in [-0.1, -0.05) is 16.8 Å². The topological polar surface area (TPSA) is 51.0 Å². The maximum atomic E-state index is 5.83. The molecular formula is C13H9BrClN3OS. The molecule has 4 nitrogen and oxygen atoms in total. The molecule has 0 aliphatic carbocycles. The molecule has 7 heteroatoms. The molecule has 0 atom stereocenters. The fourth-order valence-corrected chi connectivity index (χ4v) is 3.04. The zero-order valence-corrected chi connectivity index (χ0v) is 13.3. The van der Waals surface area contributed by atoms with Crippen LogP contribution in [0, 0.1) is 0 Å². The van der Waals surface area contributed by atoms with E-state index in [4.69, 9.17) is 16.1 Å². The Kier molecular flexibility index (Phi) is 4.05. The van der Waals surface area contributed by atoms with Crippen LogP contribution in [-0.4, -0.2) is 10.1 Å². The number of hydrogen-bond acceptors (Lipinski definition) is 5. The van der Waals surface area contributed by atoms with E-state index in [0.29, 0.717) is 23.3 Å². The summed E-state index contributed by atoms with van der Waals surface area (Å²) < 4.78 is 6.26. The first-order valence-electron chi connectivity index (χ1n) is 5.78. The number of anilines is 1. The van der Waals surface area contributed by atoms with Crippen LogP contribution in [-0.2, 0) is 6.54 Å². The third-order valence-electron chi connectivity index (χ3n) is 2.55. The summed E-state index contributed by atoms with van der Waals surface area (Å²) in [7, 11) is 0. The van der Waals surface area contributed by atoms with Gasteiger partial charge in [0.1, 0.15) is 0 Å². The van der Waals surface area contributed by atoms with Crippen molar-refractivity contribution < 1.29 is 4.52 Å². The highest BCUT2D eigenvalue weighted by Gasteiger charge is 2.10. The van der Waals surface area contributed by atoms with E-state index in [2.05, 4.69) is 31.4 Å². The molecule has 0 spiro atoms. The Labute approximate surface area is 132 Å². The molecule has 1 N–H and O–H groups in total. The number of nitrogens with one attached hydrogen (secondary N) is 1. The molecule has 0 bridgehead atoms. The van der Waals surface area contributed by atoms with Gasteiger partial charge in [-0.05, 0) is 52.3 Å². The zero-order chi connectivity index (χ0) is 13.9. The number of aromatic nitrogens is 2. The normalized spacial score (nSPS) is 10.7. The second kappa shape index (κ2) is 5.95. The fraction of sp³-hybridized carbons (Fsp3) is 0.0769. The Balaban J connectivity index is 1.67. The first kappa shape index (κ1) is 13.6. The van der Waals surface area contributed by atoms with Gasteiger partial charge in [0.05, 0.1) is 15.2 Å². The summed E-state index contributed by atoms with van der Waals surface area (Å²) in [5.74, 6) is 1.15. The van der Waals surface area contributed by atoms with Gasteiger partial charge in [0, 0.05) is 10.7 Å². The van der Waals surface area contributed by atoms with Gasteiger partial charge < -0.3 is 9.84 Å². The van der Waals surface area contributed by atoms with E-state index in [1.54, 1.807) is 11.3 Å². The number of hydrogen-bond donors (Lipinski definition) is 1. The molecule has 1 aromatic carbocycles. The van der Waals surface area contributed by atoms with Crippen molar-refractivity contribution in [1.82, 2.24) is 10.1 Å². The fourth-order valence-electron chi connectivity index (χ4n) is 1.61. The highest BCUT2D eigenvalue weighted by molar-refractivity contribution is 9.11. The highest BCUT2D eigenvalue weighted by atomic mass is 79.9. The van der Waals surface area contributed by atoms with E-state index >= 15 is 0 Å². The maximum Gasteiger partial charge on any atom is 0.246 e. The van der Waals surface area contributed by atoms with Gasteiger partial charge in [0.25, 0.3) is 0 Å². The Hall–Kier alpha value is -1.37. The van der Waals surface area contributed by atoms with Gasteiger partial charge in [0.2, 0.25) is 11.7 Å². The lowest BCUT2D eigenvalue weighted by Gasteiger charge is -2.02. The Morgan fingerprint density at radius 1 is 1.20 bits per heavy atom. The van der Waals surface area contributed by atoms with Crippen molar-refractivity contribution in [1.29, 1.82) is 0 Å². The molecule has 0 aliphatic rings. The maximum absolute atomic E-state index is 5.83. The van der Waals surface area contributed by atoms with Crippen LogP contribution in [0.15, 0.2) is 44.7 Å². The summed E-state index contributed by atoms with van der Waals surface area (Å²) >= 11 is 10.8. The van der Waals surface area contributed by atoms with Crippen molar-refractivity contribution in [3.8, 4) is 10.7 Å². The molecule has 0 unspecified atom stereocenters. The minimum absolute atomic E-state index is 0.473. The number of benzene rings is 1. The van der Waals surface area contributed by atoms with E-state index in [9.17, 15) is 0 Å². The predicted octanol–water partition coefficient (Wildman–Crippen LogP) is 4.83. The minimum Gasteiger partial charge on any atom is -0.376 e. The molecule has 0 aliphatic heterocycles. The SMILES string of the molecule is Clc1ccc(NCc2nc(-c3ccc(Br)s3)no2)cc1. The van der Waals surface area contributed by atoms with E-state index in [1.807, 2.05) is 36.4 Å². The van der Waals surface area contributed by atoms with Crippen molar-refractivity contribution in [3.05, 3.63) is 51.1 Å². The summed E-state index contributed by atoms with van der Waals surface area (Å²) in [6.45, 7) is 0.473. The smallest absolute Gasteiger partial charge is 0.246 e. The van der Waals surface area contributed by atoms with E-state index < -0.39 is 0 Å². The lowest BCUT2D eigenvalue weighted by Crippen LogP contribution is -1.99. The summed E-state index contributed by atoms with van der Waals surface area (Å²) in [4.78, 5) is 5.32. The molecule has 0 amide bonds. The second-order valence-corrected chi connectivity index (χ2v) is 6.88. The molecule has 0 saturated carbocycles. The Bertz CT molecular complexity index is 710. The van der Waals surface area contributed by atoms with Crippen LogP contribution in [0.2, 0.25) is 5.02 Å². The number of thiophene rings is 1. The summed E-state index contributed by atoms with van der Waals surface area (Å²) in [5, 5.41) is 7.87. The van der Waals surface area contributed by atoms with Crippen LogP contribution >= 0.6 is 38.9 Å². The summed E-state index contributed by atoms with van der Waals surface area (Å²) in [6, 6.07) is 11.4. The molecule has 3 aromatic rings. The molecular weight excluding hydrogens is 362 g/mol. The first-order valence-corrected chi connectivity index (χ1v) is 7.77. The van der Waals surface area contributed by atoms with E-state index in [1.165, 1.54) is 0 Å². The lowest BCUT2D eigenvalue weighted by molar-refractivity contribution is 0.384. The van der Waals surface area contributed by atoms with Crippen LogP contribution < -0.4 is 5.32 Å². The van der Waals surface area contributed by atoms with Crippen molar-refractivity contribution in [3.63, 3.8) is 0 Å². The Morgan fingerprint density at radius 2 is 2.00 bits per heavy atom. The second-order valence-electron chi connectivity index (χ2n) is 3.98. The minimum atomic E-state index is 0.473. The zero-order valence-electron chi connectivity index (χ0n) is 10.1. The molecule has 0 radical (unpaired) electrons. The standard InChI is InChI=1S/C13H9BrClN3OS/c14-11-6-5-10(20-11)13-17-12(19-18-13)7-16-9-3-1-8(15)2-4-9/h1-6,16H,7H2. The van der Waals surface area contributed by atoms with Gasteiger partial charge in [-0.2, -0.15) is 4.98 Å². The third-order valence-corrected chi connectivity index (χ3v) is 4.42. The number of rotatable bonds is 4. The molecule has 2 heterocycles. The molecule has 20 heavy (non-hydrogen) atoms. The highest BCUT2D eigenvalue weighted by Crippen LogP contribution is 2.29. The van der Waals surface area contributed by atoms with Crippen molar-refractivity contribution in [2.45, 2.75) is 6.54 Å². The third kappa shape index (κ3) is 3.20. The molecule has 0 fully saturated rings. The van der Waals surface area contributed by atoms with Gasteiger partial charge >= 0.3 is 0 Å². The van der Waals surface area contributed by atoms with Gasteiger partial charge in [-0.15, -0.1) is 11.3 Å². The van der Waals surface area contributed by atoms with Crippen LogP contribution in [0.3, 0.4) is 0 Å². The van der Waals surface area contributed by atoms with E-state index in [-0.39, 0.29) is 0 Å². The van der Waals surface area contributed by atoms with E-state index in [0.717, 1.165) is 14.4 Å². The quantitative estimate of drug-likeness (QED) is 0.715. The largest absolute Gasteiger partial charge is 0.376 e. The van der Waals surface area contributed by atoms with Crippen LogP contribution in [0.5, 0.6) is 0 Å². The number of nitrogens with zero attached hydrogens (tertiary/aromatic N) is 2. The predicted molar refractivity (Wildman–Crippen MR) is 84.1 cm³/mol. The Morgan fingerprint density at radius 3 is 2.70 bits per heavy atom. The molecule has 2 aromatic heterocycles. The van der Waals surface area contributed by atoms with Crippen LogP contribution in [0.25, 0.3) is 10.7 Å². The first-order chi connectivity index (χ1) is 9.70. The monoisotopic (exact) mass is 369 g/mol. The van der Waals surface area contributed by atoms with Crippen molar-refractivity contribution in [2.75, 3.05) is 5.32 Å². The average molecular weight is 371 g/mol. The van der Waals surface area contributed by atoms with Gasteiger partial charge in [0.15, 0.2) is 0 Å². The van der Waals surface area contributed by atoms with Crippen LogP contribution in [0.1, 0.15) is 5.89 Å². The van der Waals surface area contributed by atoms with Crippen molar-refractivity contribution in [2.24, 2.45) is 0 Å². The average Bonchev–Trinajstić information content (AvgIpc) is 3.07. The van der Waals surface area contributed by atoms with Crippen molar-refractivity contribution >= 4 is 44.6 Å².